The maximum Gasteiger partial charge on any atom is 0.122 e. The average Bonchev–Trinajstić information content (AvgIpc) is 2.43. The molecule has 3 atom stereocenters. The van der Waals surface area contributed by atoms with Gasteiger partial charge in [-0.1, -0.05) is 47.3 Å². The maximum absolute atomic E-state index is 6.14. The molecule has 1 aromatic carbocycles. The third-order valence-electron chi connectivity index (χ3n) is 4.42. The molecule has 0 saturated heterocycles. The van der Waals surface area contributed by atoms with Crippen molar-refractivity contribution in [3.8, 4) is 5.75 Å². The lowest BCUT2D eigenvalue weighted by Gasteiger charge is -2.33. The van der Waals surface area contributed by atoms with Crippen LogP contribution < -0.4 is 4.74 Å². The van der Waals surface area contributed by atoms with Crippen molar-refractivity contribution < 1.29 is 4.74 Å². The fourth-order valence-electron chi connectivity index (χ4n) is 3.40. The standard InChI is InChI=1S/C17H24BrClO/c1-3-4-12-5-7-16(18)13(9-12)10-14-11-15(19)6-8-17(14)20-2/h6,8,11-13,16H,3-5,7,9-10H2,1-2H3. The lowest BCUT2D eigenvalue weighted by atomic mass is 9.77. The van der Waals surface area contributed by atoms with Crippen molar-refractivity contribution >= 4 is 27.5 Å². The van der Waals surface area contributed by atoms with Gasteiger partial charge in [-0.2, -0.15) is 0 Å². The molecule has 0 N–H and O–H groups in total. The SMILES string of the molecule is CCCC1CCC(Br)C(Cc2cc(Cl)ccc2OC)C1. The van der Waals surface area contributed by atoms with E-state index in [1.807, 2.05) is 12.1 Å². The van der Waals surface area contributed by atoms with Gasteiger partial charge in [0.25, 0.3) is 0 Å². The molecule has 112 valence electrons. The highest BCUT2D eigenvalue weighted by atomic mass is 79.9. The summed E-state index contributed by atoms with van der Waals surface area (Å²) < 4.78 is 5.48. The molecule has 0 aliphatic heterocycles. The Morgan fingerprint density at radius 1 is 1.35 bits per heavy atom. The fraction of sp³-hybridized carbons (Fsp3) is 0.647. The van der Waals surface area contributed by atoms with E-state index >= 15 is 0 Å². The lowest BCUT2D eigenvalue weighted by molar-refractivity contribution is 0.261. The molecule has 3 heteroatoms. The van der Waals surface area contributed by atoms with Crippen LogP contribution in [0.4, 0.5) is 0 Å². The predicted octanol–water partition coefficient (Wildman–Crippen LogP) is 5.87. The number of halogens is 2. The van der Waals surface area contributed by atoms with E-state index in [0.29, 0.717) is 10.7 Å². The molecule has 0 heterocycles. The van der Waals surface area contributed by atoms with Crippen LogP contribution in [0.15, 0.2) is 18.2 Å². The summed E-state index contributed by atoms with van der Waals surface area (Å²) in [4.78, 5) is 0.624. The first-order valence-electron chi connectivity index (χ1n) is 7.60. The van der Waals surface area contributed by atoms with E-state index in [4.69, 9.17) is 16.3 Å². The molecule has 0 amide bonds. The smallest absolute Gasteiger partial charge is 0.122 e. The highest BCUT2D eigenvalue weighted by Gasteiger charge is 2.29. The highest BCUT2D eigenvalue weighted by molar-refractivity contribution is 9.09. The van der Waals surface area contributed by atoms with E-state index < -0.39 is 0 Å². The number of rotatable bonds is 5. The van der Waals surface area contributed by atoms with Gasteiger partial charge in [0.1, 0.15) is 5.75 Å². The van der Waals surface area contributed by atoms with Gasteiger partial charge in [0.2, 0.25) is 0 Å². The van der Waals surface area contributed by atoms with E-state index in [2.05, 4.69) is 28.9 Å². The molecule has 1 aliphatic rings. The average molecular weight is 360 g/mol. The van der Waals surface area contributed by atoms with Crippen LogP contribution in [0.5, 0.6) is 5.75 Å². The second-order valence-corrected chi connectivity index (χ2v) is 7.52. The van der Waals surface area contributed by atoms with Gasteiger partial charge in [-0.15, -0.1) is 0 Å². The monoisotopic (exact) mass is 358 g/mol. The summed E-state index contributed by atoms with van der Waals surface area (Å²) in [5, 5.41) is 0.799. The molecule has 3 unspecified atom stereocenters. The van der Waals surface area contributed by atoms with Crippen LogP contribution >= 0.6 is 27.5 Å². The summed E-state index contributed by atoms with van der Waals surface area (Å²) in [6.45, 7) is 2.29. The first kappa shape index (κ1) is 16.2. The number of methoxy groups -OCH3 is 1. The molecule has 20 heavy (non-hydrogen) atoms. The van der Waals surface area contributed by atoms with Crippen molar-refractivity contribution in [1.82, 2.24) is 0 Å². The Kier molecular flexibility index (Phi) is 6.22. The topological polar surface area (TPSA) is 9.23 Å². The van der Waals surface area contributed by atoms with Crippen molar-refractivity contribution in [2.24, 2.45) is 11.8 Å². The Morgan fingerprint density at radius 2 is 2.15 bits per heavy atom. The second kappa shape index (κ2) is 7.70. The normalized spacial score (nSPS) is 26.5. The van der Waals surface area contributed by atoms with Gasteiger partial charge in [0.15, 0.2) is 0 Å². The summed E-state index contributed by atoms with van der Waals surface area (Å²) in [6.07, 6.45) is 7.69. The third kappa shape index (κ3) is 4.14. The number of ether oxygens (including phenoxy) is 1. The second-order valence-electron chi connectivity index (χ2n) is 5.90. The van der Waals surface area contributed by atoms with Gasteiger partial charge in [-0.05, 0) is 61.3 Å². The minimum Gasteiger partial charge on any atom is -0.496 e. The third-order valence-corrected chi connectivity index (χ3v) is 5.86. The zero-order valence-electron chi connectivity index (χ0n) is 12.4. The van der Waals surface area contributed by atoms with Crippen molar-refractivity contribution in [2.75, 3.05) is 7.11 Å². The molecule has 0 aromatic heterocycles. The lowest BCUT2D eigenvalue weighted by Crippen LogP contribution is -2.27. The predicted molar refractivity (Wildman–Crippen MR) is 90.2 cm³/mol. The molecule has 1 saturated carbocycles. The number of hydrogen-bond donors (Lipinski definition) is 0. The summed E-state index contributed by atoms with van der Waals surface area (Å²) >= 11 is 10.0. The van der Waals surface area contributed by atoms with Crippen LogP contribution in [-0.4, -0.2) is 11.9 Å². The zero-order valence-corrected chi connectivity index (χ0v) is 14.7. The van der Waals surface area contributed by atoms with Crippen molar-refractivity contribution in [1.29, 1.82) is 0 Å². The Hall–Kier alpha value is -0.210. The summed E-state index contributed by atoms with van der Waals surface area (Å²) in [6, 6.07) is 5.94. The van der Waals surface area contributed by atoms with Crippen LogP contribution in [0.25, 0.3) is 0 Å². The largest absolute Gasteiger partial charge is 0.496 e. The summed E-state index contributed by atoms with van der Waals surface area (Å²) in [7, 11) is 1.74. The molecule has 2 rings (SSSR count). The molecule has 0 radical (unpaired) electrons. The minimum atomic E-state index is 0.624. The van der Waals surface area contributed by atoms with Crippen LogP contribution in [0.3, 0.4) is 0 Å². The van der Waals surface area contributed by atoms with Crippen molar-refractivity contribution in [2.45, 2.75) is 50.3 Å². The first-order valence-corrected chi connectivity index (χ1v) is 8.89. The van der Waals surface area contributed by atoms with E-state index in [1.54, 1.807) is 7.11 Å². The Labute approximate surface area is 136 Å². The Morgan fingerprint density at radius 3 is 2.85 bits per heavy atom. The fourth-order valence-corrected chi connectivity index (χ4v) is 4.26. The minimum absolute atomic E-state index is 0.624. The first-order chi connectivity index (χ1) is 9.63. The summed E-state index contributed by atoms with van der Waals surface area (Å²) in [5.41, 5.74) is 1.24. The quantitative estimate of drug-likeness (QED) is 0.597. The van der Waals surface area contributed by atoms with Gasteiger partial charge in [0, 0.05) is 9.85 Å². The van der Waals surface area contributed by atoms with E-state index in [-0.39, 0.29) is 0 Å². The Bertz CT molecular complexity index is 435. The van der Waals surface area contributed by atoms with E-state index in [0.717, 1.165) is 23.1 Å². The number of alkyl halides is 1. The van der Waals surface area contributed by atoms with Gasteiger partial charge in [-0.3, -0.25) is 0 Å². The van der Waals surface area contributed by atoms with Gasteiger partial charge < -0.3 is 4.74 Å². The van der Waals surface area contributed by atoms with Crippen LogP contribution in [0.1, 0.15) is 44.6 Å². The van der Waals surface area contributed by atoms with Crippen molar-refractivity contribution in [3.05, 3.63) is 28.8 Å². The van der Waals surface area contributed by atoms with E-state index in [1.165, 1.54) is 37.7 Å². The maximum atomic E-state index is 6.14. The van der Waals surface area contributed by atoms with E-state index in [9.17, 15) is 0 Å². The van der Waals surface area contributed by atoms with Crippen LogP contribution in [0.2, 0.25) is 5.02 Å². The molecule has 0 bridgehead atoms. The van der Waals surface area contributed by atoms with Gasteiger partial charge >= 0.3 is 0 Å². The van der Waals surface area contributed by atoms with Gasteiger partial charge in [0.05, 0.1) is 7.11 Å². The molecule has 1 aliphatic carbocycles. The van der Waals surface area contributed by atoms with Crippen molar-refractivity contribution in [3.63, 3.8) is 0 Å². The van der Waals surface area contributed by atoms with Crippen LogP contribution in [-0.2, 0) is 6.42 Å². The number of benzene rings is 1. The molecule has 1 nitrogen and oxygen atoms in total. The molecule has 1 aromatic rings. The molecule has 1 fully saturated rings. The number of hydrogen-bond acceptors (Lipinski definition) is 1. The highest BCUT2D eigenvalue weighted by Crippen LogP contribution is 2.39. The van der Waals surface area contributed by atoms with Crippen LogP contribution in [0, 0.1) is 11.8 Å². The molecule has 0 spiro atoms. The van der Waals surface area contributed by atoms with Gasteiger partial charge in [-0.25, -0.2) is 0 Å². The Balaban J connectivity index is 2.09. The molecular formula is C17H24BrClO. The zero-order chi connectivity index (χ0) is 14.5. The summed E-state index contributed by atoms with van der Waals surface area (Å²) in [5.74, 6) is 2.54. The molecular weight excluding hydrogens is 336 g/mol.